The molecule has 0 bridgehead atoms. The van der Waals surface area contributed by atoms with Crippen molar-refractivity contribution in [3.8, 4) is 0 Å². The van der Waals surface area contributed by atoms with E-state index in [2.05, 4.69) is 17.2 Å². The Morgan fingerprint density at radius 3 is 2.50 bits per heavy atom. The highest BCUT2D eigenvalue weighted by atomic mass is 16.4. The molecule has 0 fully saturated rings. The molecular weight excluding hydrogens is 208 g/mol. The van der Waals surface area contributed by atoms with Crippen LogP contribution in [0, 0.1) is 0 Å². The van der Waals surface area contributed by atoms with Crippen LogP contribution in [0.25, 0.3) is 0 Å². The fraction of sp³-hybridized carbons (Fsp3) is 0.636. The Bertz CT molecular complexity index is 264. The third-order valence-electron chi connectivity index (χ3n) is 2.04. The average Bonchev–Trinajstić information content (AvgIpc) is 2.16. The van der Waals surface area contributed by atoms with Crippen molar-refractivity contribution in [2.24, 2.45) is 0 Å². The smallest absolute Gasteiger partial charge is 0.317 e. The number of aliphatic carboxylic acids is 1. The summed E-state index contributed by atoms with van der Waals surface area (Å²) in [5.41, 5.74) is 0.567. The van der Waals surface area contributed by atoms with Crippen LogP contribution in [0.1, 0.15) is 20.3 Å². The van der Waals surface area contributed by atoms with Crippen molar-refractivity contribution in [3.63, 3.8) is 0 Å². The van der Waals surface area contributed by atoms with E-state index in [4.69, 9.17) is 5.11 Å². The number of nitrogens with one attached hydrogen (secondary N) is 2. The third kappa shape index (κ3) is 8.14. The monoisotopic (exact) mass is 228 g/mol. The molecule has 0 aliphatic rings. The number of hydrogen-bond donors (Lipinski definition) is 3. The summed E-state index contributed by atoms with van der Waals surface area (Å²) in [5.74, 6) is -0.816. The normalized spacial score (nSPS) is 12.1. The number of carbonyl (C=O) groups excluding carboxylic acids is 1. The first-order valence-electron chi connectivity index (χ1n) is 5.28. The minimum atomic E-state index is -0.870. The van der Waals surface area contributed by atoms with Crippen molar-refractivity contribution in [2.45, 2.75) is 26.3 Å². The van der Waals surface area contributed by atoms with E-state index in [-0.39, 0.29) is 18.4 Å². The van der Waals surface area contributed by atoms with Crippen LogP contribution in [-0.4, -0.2) is 42.5 Å². The molecule has 92 valence electrons. The molecule has 0 heterocycles. The predicted octanol–water partition coefficient (Wildman–Crippen LogP) is 0.174. The lowest BCUT2D eigenvalue weighted by Gasteiger charge is -2.12. The van der Waals surface area contributed by atoms with Crippen LogP contribution in [0.3, 0.4) is 0 Å². The van der Waals surface area contributed by atoms with Gasteiger partial charge in [-0.1, -0.05) is 6.58 Å². The molecule has 1 unspecified atom stereocenters. The molecule has 3 N–H and O–H groups in total. The molecule has 0 rings (SSSR count). The van der Waals surface area contributed by atoms with Crippen LogP contribution in [0.2, 0.25) is 0 Å². The molecule has 0 aliphatic carbocycles. The van der Waals surface area contributed by atoms with Crippen molar-refractivity contribution < 1.29 is 14.7 Å². The fourth-order valence-electron chi connectivity index (χ4n) is 1.13. The first-order chi connectivity index (χ1) is 7.43. The average molecular weight is 228 g/mol. The topological polar surface area (TPSA) is 78.4 Å². The summed E-state index contributed by atoms with van der Waals surface area (Å²) in [5, 5.41) is 14.2. The molecule has 5 heteroatoms. The highest BCUT2D eigenvalue weighted by Gasteiger charge is 2.08. The van der Waals surface area contributed by atoms with Crippen LogP contribution in [0.5, 0.6) is 0 Å². The van der Waals surface area contributed by atoms with Crippen molar-refractivity contribution in [1.82, 2.24) is 10.6 Å². The molecule has 1 atom stereocenters. The molecule has 0 aromatic heterocycles. The predicted molar refractivity (Wildman–Crippen MR) is 62.4 cm³/mol. The largest absolute Gasteiger partial charge is 0.480 e. The molecule has 0 radical (unpaired) electrons. The second kappa shape index (κ2) is 8.01. The zero-order valence-electron chi connectivity index (χ0n) is 9.88. The van der Waals surface area contributed by atoms with Gasteiger partial charge >= 0.3 is 5.97 Å². The Balaban J connectivity index is 3.51. The summed E-state index contributed by atoms with van der Waals surface area (Å²) in [6.07, 6.45) is 0.425. The van der Waals surface area contributed by atoms with Gasteiger partial charge in [-0.3, -0.25) is 9.59 Å². The van der Waals surface area contributed by atoms with Gasteiger partial charge in [0.15, 0.2) is 5.78 Å². The van der Waals surface area contributed by atoms with Crippen molar-refractivity contribution in [1.29, 1.82) is 0 Å². The Morgan fingerprint density at radius 1 is 1.38 bits per heavy atom. The molecule has 0 amide bonds. The number of carbonyl (C=O) groups is 2. The van der Waals surface area contributed by atoms with Gasteiger partial charge in [-0.25, -0.2) is 0 Å². The number of carboxylic acid groups (broad SMARTS) is 1. The first-order valence-corrected chi connectivity index (χ1v) is 5.28. The molecule has 0 aromatic carbocycles. The van der Waals surface area contributed by atoms with Gasteiger partial charge in [-0.15, -0.1) is 0 Å². The molecule has 0 saturated carbocycles. The second-order valence-corrected chi connectivity index (χ2v) is 3.83. The summed E-state index contributed by atoms with van der Waals surface area (Å²) in [6.45, 7) is 8.36. The van der Waals surface area contributed by atoms with Gasteiger partial charge in [-0.2, -0.15) is 0 Å². The van der Waals surface area contributed by atoms with Gasteiger partial charge in [0.25, 0.3) is 0 Å². The fourth-order valence-corrected chi connectivity index (χ4v) is 1.13. The van der Waals surface area contributed by atoms with E-state index < -0.39 is 5.97 Å². The quantitative estimate of drug-likeness (QED) is 0.387. The molecule has 0 spiro atoms. The highest BCUT2D eigenvalue weighted by molar-refractivity contribution is 5.94. The van der Waals surface area contributed by atoms with Crippen molar-refractivity contribution >= 4 is 11.8 Å². The van der Waals surface area contributed by atoms with E-state index in [1.54, 1.807) is 6.92 Å². The Hall–Kier alpha value is -1.20. The SMILES string of the molecule is C=C(C)C(=O)CC(C)NCCNCC(=O)O. The van der Waals surface area contributed by atoms with Crippen LogP contribution in [-0.2, 0) is 9.59 Å². The number of carboxylic acids is 1. The molecule has 0 aromatic rings. The van der Waals surface area contributed by atoms with Gasteiger partial charge in [0, 0.05) is 25.6 Å². The van der Waals surface area contributed by atoms with Gasteiger partial charge in [-0.05, 0) is 19.4 Å². The lowest BCUT2D eigenvalue weighted by molar-refractivity contribution is -0.135. The maximum absolute atomic E-state index is 11.3. The minimum absolute atomic E-state index is 0.0409. The molecule has 0 aliphatic heterocycles. The Kier molecular flexibility index (Phi) is 7.41. The van der Waals surface area contributed by atoms with E-state index in [0.29, 0.717) is 25.1 Å². The number of ketones is 1. The van der Waals surface area contributed by atoms with Crippen LogP contribution in [0.4, 0.5) is 0 Å². The molecule has 0 saturated heterocycles. The summed E-state index contributed by atoms with van der Waals surface area (Å²) < 4.78 is 0. The lowest BCUT2D eigenvalue weighted by Crippen LogP contribution is -2.36. The molecule has 16 heavy (non-hydrogen) atoms. The zero-order valence-corrected chi connectivity index (χ0v) is 9.88. The third-order valence-corrected chi connectivity index (χ3v) is 2.04. The van der Waals surface area contributed by atoms with Crippen molar-refractivity contribution in [3.05, 3.63) is 12.2 Å². The van der Waals surface area contributed by atoms with Crippen LogP contribution < -0.4 is 10.6 Å². The van der Waals surface area contributed by atoms with Crippen LogP contribution in [0.15, 0.2) is 12.2 Å². The number of hydrogen-bond acceptors (Lipinski definition) is 4. The van der Waals surface area contributed by atoms with E-state index >= 15 is 0 Å². The zero-order chi connectivity index (χ0) is 12.6. The standard InChI is InChI=1S/C11H20N2O3/c1-8(2)10(14)6-9(3)13-5-4-12-7-11(15)16/h9,12-13H,1,4-7H2,2-3H3,(H,15,16). The second-order valence-electron chi connectivity index (χ2n) is 3.83. The van der Waals surface area contributed by atoms with Crippen LogP contribution >= 0.6 is 0 Å². The summed E-state index contributed by atoms with van der Waals surface area (Å²) >= 11 is 0. The first kappa shape index (κ1) is 14.8. The summed E-state index contributed by atoms with van der Waals surface area (Å²) in [7, 11) is 0. The van der Waals surface area contributed by atoms with E-state index in [9.17, 15) is 9.59 Å². The van der Waals surface area contributed by atoms with Gasteiger partial charge < -0.3 is 15.7 Å². The van der Waals surface area contributed by atoms with Gasteiger partial charge in [0.05, 0.1) is 6.54 Å². The maximum Gasteiger partial charge on any atom is 0.317 e. The summed E-state index contributed by atoms with van der Waals surface area (Å²) in [4.78, 5) is 21.5. The Labute approximate surface area is 95.9 Å². The Morgan fingerprint density at radius 2 is 2.00 bits per heavy atom. The number of allylic oxidation sites excluding steroid dienone is 1. The van der Waals surface area contributed by atoms with E-state index in [1.807, 2.05) is 6.92 Å². The minimum Gasteiger partial charge on any atom is -0.480 e. The maximum atomic E-state index is 11.3. The molecular formula is C11H20N2O3. The highest BCUT2D eigenvalue weighted by Crippen LogP contribution is 1.99. The lowest BCUT2D eigenvalue weighted by atomic mass is 10.1. The van der Waals surface area contributed by atoms with Gasteiger partial charge in [0.1, 0.15) is 0 Å². The van der Waals surface area contributed by atoms with E-state index in [1.165, 1.54) is 0 Å². The number of rotatable bonds is 9. The van der Waals surface area contributed by atoms with Gasteiger partial charge in [0.2, 0.25) is 0 Å². The van der Waals surface area contributed by atoms with Crippen molar-refractivity contribution in [2.75, 3.05) is 19.6 Å². The summed E-state index contributed by atoms with van der Waals surface area (Å²) in [6, 6.07) is 0.0795. The van der Waals surface area contributed by atoms with E-state index in [0.717, 1.165) is 0 Å². The number of Topliss-reactive ketones (excluding diaryl/α,β-unsaturated/α-hetero) is 1. The molecule has 5 nitrogen and oxygen atoms in total.